The normalized spacial score (nSPS) is 12.1. The Morgan fingerprint density at radius 3 is 2.44 bits per heavy atom. The summed E-state index contributed by atoms with van der Waals surface area (Å²) in [4.78, 5) is 3.38. The van der Waals surface area contributed by atoms with Gasteiger partial charge in [0.1, 0.15) is 5.75 Å². The number of amidine groups is 1. The van der Waals surface area contributed by atoms with Crippen LogP contribution in [0.15, 0.2) is 41.9 Å². The molecule has 0 radical (unpaired) electrons. The van der Waals surface area contributed by atoms with Crippen molar-refractivity contribution in [1.82, 2.24) is 0 Å². The van der Waals surface area contributed by atoms with Crippen molar-refractivity contribution in [3.05, 3.63) is 36.9 Å². The summed E-state index contributed by atoms with van der Waals surface area (Å²) in [5.74, 6) is -0.482. The molecule has 0 bridgehead atoms. The molecular formula is C12H13F3N2O. The third-order valence-electron chi connectivity index (χ3n) is 2.00. The first kappa shape index (κ1) is 14.1. The van der Waals surface area contributed by atoms with E-state index >= 15 is 0 Å². The molecule has 0 fully saturated rings. The van der Waals surface area contributed by atoms with E-state index in [1.165, 1.54) is 25.3 Å². The fourth-order valence-corrected chi connectivity index (χ4v) is 1.17. The molecule has 3 nitrogen and oxygen atoms in total. The molecule has 1 aromatic carbocycles. The van der Waals surface area contributed by atoms with Gasteiger partial charge in [-0.1, -0.05) is 6.08 Å². The van der Waals surface area contributed by atoms with Crippen LogP contribution in [0.25, 0.3) is 0 Å². The average Bonchev–Trinajstić information content (AvgIpc) is 2.34. The van der Waals surface area contributed by atoms with Crippen LogP contribution >= 0.6 is 0 Å². The van der Waals surface area contributed by atoms with Gasteiger partial charge < -0.3 is 10.1 Å². The average molecular weight is 258 g/mol. The lowest BCUT2D eigenvalue weighted by molar-refractivity contribution is -0.0588. The molecule has 0 aliphatic carbocycles. The largest absolute Gasteiger partial charge is 0.497 e. The number of nitrogens with one attached hydrogen (secondary N) is 1. The summed E-state index contributed by atoms with van der Waals surface area (Å²) in [6.07, 6.45) is -3.23. The number of methoxy groups -OCH3 is 1. The molecule has 0 amide bonds. The molecule has 0 saturated heterocycles. The molecule has 0 spiro atoms. The lowest BCUT2D eigenvalue weighted by Gasteiger charge is -2.13. The number of aliphatic imine (C=N–C) groups is 1. The number of halogens is 3. The minimum Gasteiger partial charge on any atom is -0.497 e. The summed E-state index contributed by atoms with van der Waals surface area (Å²) in [6, 6.07) is 6.08. The number of benzene rings is 1. The lowest BCUT2D eigenvalue weighted by Crippen LogP contribution is -2.30. The molecule has 18 heavy (non-hydrogen) atoms. The molecule has 0 atom stereocenters. The fraction of sp³-hybridized carbons (Fsp3) is 0.250. The Morgan fingerprint density at radius 1 is 1.39 bits per heavy atom. The van der Waals surface area contributed by atoms with Crippen molar-refractivity contribution < 1.29 is 17.9 Å². The topological polar surface area (TPSA) is 33.6 Å². The highest BCUT2D eigenvalue weighted by Crippen LogP contribution is 2.21. The lowest BCUT2D eigenvalue weighted by atomic mass is 10.3. The van der Waals surface area contributed by atoms with E-state index in [1.54, 1.807) is 12.1 Å². The minimum absolute atomic E-state index is 0.0992. The maximum absolute atomic E-state index is 12.6. The van der Waals surface area contributed by atoms with Crippen LogP contribution in [-0.2, 0) is 0 Å². The first-order chi connectivity index (χ1) is 8.47. The SMILES string of the molecule is C=CCN=C(Nc1ccc(OC)cc1)C(F)(F)F. The van der Waals surface area contributed by atoms with Crippen LogP contribution in [0.4, 0.5) is 18.9 Å². The summed E-state index contributed by atoms with van der Waals surface area (Å²) in [5.41, 5.74) is 0.288. The Bertz CT molecular complexity index is 424. The van der Waals surface area contributed by atoms with Crippen molar-refractivity contribution in [1.29, 1.82) is 0 Å². The quantitative estimate of drug-likeness (QED) is 0.511. The van der Waals surface area contributed by atoms with Crippen molar-refractivity contribution in [2.75, 3.05) is 19.0 Å². The number of rotatable bonds is 4. The molecular weight excluding hydrogens is 245 g/mol. The molecule has 0 aromatic heterocycles. The third-order valence-corrected chi connectivity index (χ3v) is 2.00. The first-order valence-corrected chi connectivity index (χ1v) is 5.11. The van der Waals surface area contributed by atoms with Crippen molar-refractivity contribution in [3.8, 4) is 5.75 Å². The highest BCUT2D eigenvalue weighted by molar-refractivity contribution is 5.99. The smallest absolute Gasteiger partial charge is 0.449 e. The van der Waals surface area contributed by atoms with Crippen molar-refractivity contribution in [3.63, 3.8) is 0 Å². The molecule has 0 aliphatic rings. The Kier molecular flexibility index (Phi) is 4.76. The van der Waals surface area contributed by atoms with E-state index in [2.05, 4.69) is 16.9 Å². The third kappa shape index (κ3) is 4.12. The number of hydrogen-bond donors (Lipinski definition) is 1. The van der Waals surface area contributed by atoms with E-state index in [-0.39, 0.29) is 12.2 Å². The summed E-state index contributed by atoms with van der Waals surface area (Å²) >= 11 is 0. The van der Waals surface area contributed by atoms with Crippen LogP contribution in [0.2, 0.25) is 0 Å². The second-order valence-corrected chi connectivity index (χ2v) is 3.33. The van der Waals surface area contributed by atoms with Crippen LogP contribution in [-0.4, -0.2) is 25.7 Å². The standard InChI is InChI=1S/C12H13F3N2O/c1-3-8-16-11(12(13,14)15)17-9-4-6-10(18-2)7-5-9/h3-7H,1,8H2,2H3,(H,16,17). The Balaban J connectivity index is 2.85. The van der Waals surface area contributed by atoms with Gasteiger partial charge in [0.2, 0.25) is 5.84 Å². The van der Waals surface area contributed by atoms with Gasteiger partial charge in [-0.3, -0.25) is 4.99 Å². The van der Waals surface area contributed by atoms with Crippen molar-refractivity contribution >= 4 is 11.5 Å². The second kappa shape index (κ2) is 6.09. The van der Waals surface area contributed by atoms with E-state index in [0.717, 1.165) is 0 Å². The van der Waals surface area contributed by atoms with E-state index in [0.29, 0.717) is 5.75 Å². The Labute approximate surface area is 103 Å². The van der Waals surface area contributed by atoms with Gasteiger partial charge in [-0.2, -0.15) is 13.2 Å². The molecule has 6 heteroatoms. The van der Waals surface area contributed by atoms with Crippen molar-refractivity contribution in [2.24, 2.45) is 4.99 Å². The van der Waals surface area contributed by atoms with E-state index in [4.69, 9.17) is 4.74 Å². The maximum atomic E-state index is 12.6. The summed E-state index contributed by atoms with van der Waals surface area (Å²) in [7, 11) is 1.48. The predicted molar refractivity (Wildman–Crippen MR) is 65.2 cm³/mol. The van der Waals surface area contributed by atoms with Gasteiger partial charge in [0.15, 0.2) is 0 Å². The van der Waals surface area contributed by atoms with Gasteiger partial charge in [0, 0.05) is 5.69 Å². The van der Waals surface area contributed by atoms with Crippen LogP contribution in [0.1, 0.15) is 0 Å². The zero-order chi connectivity index (χ0) is 13.6. The number of anilines is 1. The molecule has 1 rings (SSSR count). The minimum atomic E-state index is -4.52. The van der Waals surface area contributed by atoms with Crippen LogP contribution in [0, 0.1) is 0 Å². The van der Waals surface area contributed by atoms with Gasteiger partial charge >= 0.3 is 6.18 Å². The zero-order valence-electron chi connectivity index (χ0n) is 9.79. The monoisotopic (exact) mass is 258 g/mol. The Hall–Kier alpha value is -1.98. The van der Waals surface area contributed by atoms with E-state index < -0.39 is 12.0 Å². The van der Waals surface area contributed by atoms with Crippen LogP contribution in [0.3, 0.4) is 0 Å². The highest BCUT2D eigenvalue weighted by Gasteiger charge is 2.35. The maximum Gasteiger partial charge on any atom is 0.449 e. The predicted octanol–water partition coefficient (Wildman–Crippen LogP) is 3.25. The fourth-order valence-electron chi connectivity index (χ4n) is 1.17. The molecule has 98 valence electrons. The first-order valence-electron chi connectivity index (χ1n) is 5.11. The molecule has 0 aliphatic heterocycles. The molecule has 1 N–H and O–H groups in total. The van der Waals surface area contributed by atoms with Gasteiger partial charge in [0.25, 0.3) is 0 Å². The molecule has 0 heterocycles. The van der Waals surface area contributed by atoms with Gasteiger partial charge in [-0.05, 0) is 24.3 Å². The van der Waals surface area contributed by atoms with Gasteiger partial charge in [0.05, 0.1) is 13.7 Å². The van der Waals surface area contributed by atoms with E-state index in [1.807, 2.05) is 0 Å². The summed E-state index contributed by atoms with van der Waals surface area (Å²) in [5, 5.41) is 2.23. The molecule has 0 saturated carbocycles. The second-order valence-electron chi connectivity index (χ2n) is 3.33. The molecule has 0 unspecified atom stereocenters. The van der Waals surface area contributed by atoms with E-state index in [9.17, 15) is 13.2 Å². The number of nitrogens with zero attached hydrogens (tertiary/aromatic N) is 1. The molecule has 1 aromatic rings. The highest BCUT2D eigenvalue weighted by atomic mass is 19.4. The number of alkyl halides is 3. The van der Waals surface area contributed by atoms with Gasteiger partial charge in [-0.15, -0.1) is 6.58 Å². The summed E-state index contributed by atoms with van der Waals surface area (Å²) in [6.45, 7) is 3.23. The summed E-state index contributed by atoms with van der Waals surface area (Å²) < 4.78 is 42.8. The van der Waals surface area contributed by atoms with Crippen LogP contribution in [0.5, 0.6) is 5.75 Å². The van der Waals surface area contributed by atoms with Crippen LogP contribution < -0.4 is 10.1 Å². The number of hydrogen-bond acceptors (Lipinski definition) is 2. The number of ether oxygens (including phenoxy) is 1. The zero-order valence-corrected chi connectivity index (χ0v) is 9.79. The van der Waals surface area contributed by atoms with Crippen molar-refractivity contribution in [2.45, 2.75) is 6.18 Å². The Morgan fingerprint density at radius 2 is 2.00 bits per heavy atom. The van der Waals surface area contributed by atoms with Gasteiger partial charge in [-0.25, -0.2) is 0 Å².